The number of carbonyl (C=O) groups excluding carboxylic acids is 1. The number of halogens is 2. The summed E-state index contributed by atoms with van der Waals surface area (Å²) in [6, 6.07) is 6.81. The molecule has 5 nitrogen and oxygen atoms in total. The molecule has 1 amide bonds. The summed E-state index contributed by atoms with van der Waals surface area (Å²) in [5.41, 5.74) is 6.99. The molecule has 3 rings (SSSR count). The van der Waals surface area contributed by atoms with E-state index < -0.39 is 5.91 Å². The van der Waals surface area contributed by atoms with Crippen molar-refractivity contribution in [3.63, 3.8) is 0 Å². The van der Waals surface area contributed by atoms with E-state index in [1.54, 1.807) is 24.3 Å². The summed E-state index contributed by atoms with van der Waals surface area (Å²) in [4.78, 5) is 22.6. The van der Waals surface area contributed by atoms with Gasteiger partial charge < -0.3 is 10.6 Å². The van der Waals surface area contributed by atoms with E-state index in [-0.39, 0.29) is 5.69 Å². The number of benzene rings is 1. The van der Waals surface area contributed by atoms with Crippen LogP contribution >= 0.6 is 23.2 Å². The molecule has 2 N–H and O–H groups in total. The molecule has 7 heteroatoms. The topological polar surface area (TPSA) is 72.1 Å². The molecule has 0 atom stereocenters. The second kappa shape index (κ2) is 6.72. The van der Waals surface area contributed by atoms with Crippen molar-refractivity contribution >= 4 is 35.1 Å². The molecule has 0 unspecified atom stereocenters. The van der Waals surface area contributed by atoms with Crippen LogP contribution < -0.4 is 10.6 Å². The van der Waals surface area contributed by atoms with Gasteiger partial charge in [0.05, 0.1) is 15.7 Å². The first-order chi connectivity index (χ1) is 11.0. The van der Waals surface area contributed by atoms with E-state index in [4.69, 9.17) is 28.9 Å². The van der Waals surface area contributed by atoms with Gasteiger partial charge >= 0.3 is 0 Å². The number of anilines is 1. The Labute approximate surface area is 144 Å². The number of amides is 1. The van der Waals surface area contributed by atoms with Crippen molar-refractivity contribution in [1.82, 2.24) is 9.97 Å². The molecule has 23 heavy (non-hydrogen) atoms. The molecular weight excluding hydrogens is 335 g/mol. The first-order valence-electron chi connectivity index (χ1n) is 7.44. The predicted molar refractivity (Wildman–Crippen MR) is 92.1 cm³/mol. The summed E-state index contributed by atoms with van der Waals surface area (Å²) in [5.74, 6) is -0.0472. The lowest BCUT2D eigenvalue weighted by Gasteiger charge is -2.27. The van der Waals surface area contributed by atoms with Crippen molar-refractivity contribution in [3.05, 3.63) is 40.0 Å². The number of hydrogen-bond acceptors (Lipinski definition) is 4. The van der Waals surface area contributed by atoms with Gasteiger partial charge in [0.1, 0.15) is 5.69 Å². The van der Waals surface area contributed by atoms with Gasteiger partial charge in [-0.15, -0.1) is 0 Å². The van der Waals surface area contributed by atoms with Crippen molar-refractivity contribution in [2.45, 2.75) is 19.3 Å². The van der Waals surface area contributed by atoms with Gasteiger partial charge in [-0.2, -0.15) is 0 Å². The van der Waals surface area contributed by atoms with Gasteiger partial charge in [0.25, 0.3) is 5.91 Å². The third-order valence-corrected chi connectivity index (χ3v) is 4.56. The molecule has 1 aliphatic heterocycles. The highest BCUT2D eigenvalue weighted by Crippen LogP contribution is 2.29. The molecule has 0 aliphatic carbocycles. The average Bonchev–Trinajstić information content (AvgIpc) is 2.57. The van der Waals surface area contributed by atoms with Gasteiger partial charge in [0, 0.05) is 18.7 Å². The smallest absolute Gasteiger partial charge is 0.267 e. The number of nitrogens with two attached hydrogens (primary N) is 1. The maximum atomic E-state index is 11.6. The largest absolute Gasteiger partial charge is 0.364 e. The number of aromatic nitrogens is 2. The summed E-state index contributed by atoms with van der Waals surface area (Å²) in [7, 11) is 0. The Hall–Kier alpha value is -1.85. The molecule has 1 aromatic heterocycles. The zero-order valence-electron chi connectivity index (χ0n) is 12.4. The molecule has 120 valence electrons. The quantitative estimate of drug-likeness (QED) is 0.918. The highest BCUT2D eigenvalue weighted by Gasteiger charge is 2.18. The van der Waals surface area contributed by atoms with Gasteiger partial charge in [-0.05, 0) is 37.5 Å². The Balaban J connectivity index is 2.06. The Morgan fingerprint density at radius 3 is 2.43 bits per heavy atom. The number of primary amides is 1. The maximum absolute atomic E-state index is 11.6. The average molecular weight is 351 g/mol. The van der Waals surface area contributed by atoms with E-state index in [1.807, 2.05) is 0 Å². The number of carbonyl (C=O) groups is 1. The van der Waals surface area contributed by atoms with Crippen LogP contribution in [0.1, 0.15) is 29.8 Å². The van der Waals surface area contributed by atoms with E-state index in [0.717, 1.165) is 31.5 Å². The van der Waals surface area contributed by atoms with Crippen LogP contribution in [0, 0.1) is 0 Å². The van der Waals surface area contributed by atoms with Crippen LogP contribution in [0.2, 0.25) is 10.0 Å². The highest BCUT2D eigenvalue weighted by molar-refractivity contribution is 6.42. The van der Waals surface area contributed by atoms with Crippen LogP contribution in [0.3, 0.4) is 0 Å². The standard InChI is InChI=1S/C16H16Cl2N4O/c17-11-5-4-10(8-12(11)18)13-9-14(15(19)23)21-16(20-13)22-6-2-1-3-7-22/h4-5,8-9H,1-3,6-7H2,(H2,19,23). The Kier molecular flexibility index (Phi) is 4.68. The summed E-state index contributed by atoms with van der Waals surface area (Å²) in [6.07, 6.45) is 3.38. The van der Waals surface area contributed by atoms with Crippen LogP contribution in [-0.2, 0) is 0 Å². The van der Waals surface area contributed by atoms with Gasteiger partial charge in [0.15, 0.2) is 0 Å². The fraction of sp³-hybridized carbons (Fsp3) is 0.312. The zero-order valence-corrected chi connectivity index (χ0v) is 13.9. The van der Waals surface area contributed by atoms with Crippen LogP contribution in [0.15, 0.2) is 24.3 Å². The number of nitrogens with zero attached hydrogens (tertiary/aromatic N) is 3. The molecule has 1 aromatic carbocycles. The molecule has 2 heterocycles. The van der Waals surface area contributed by atoms with Crippen molar-refractivity contribution < 1.29 is 4.79 Å². The fourth-order valence-corrected chi connectivity index (χ4v) is 2.90. The third kappa shape index (κ3) is 3.57. The SMILES string of the molecule is NC(=O)c1cc(-c2ccc(Cl)c(Cl)c2)nc(N2CCCCC2)n1. The number of rotatable bonds is 3. The van der Waals surface area contributed by atoms with E-state index >= 15 is 0 Å². The Bertz CT molecular complexity index is 745. The van der Waals surface area contributed by atoms with E-state index in [1.165, 1.54) is 6.42 Å². The maximum Gasteiger partial charge on any atom is 0.267 e. The van der Waals surface area contributed by atoms with Crippen LogP contribution in [-0.4, -0.2) is 29.0 Å². The summed E-state index contributed by atoms with van der Waals surface area (Å²) >= 11 is 12.0. The Morgan fingerprint density at radius 1 is 1.04 bits per heavy atom. The van der Waals surface area contributed by atoms with E-state index in [2.05, 4.69) is 14.9 Å². The monoisotopic (exact) mass is 350 g/mol. The molecule has 1 saturated heterocycles. The van der Waals surface area contributed by atoms with Gasteiger partial charge in [-0.25, -0.2) is 9.97 Å². The molecule has 1 aliphatic rings. The lowest BCUT2D eigenvalue weighted by Crippen LogP contribution is -2.31. The van der Waals surface area contributed by atoms with Crippen molar-refractivity contribution in [2.24, 2.45) is 5.73 Å². The van der Waals surface area contributed by atoms with E-state index in [0.29, 0.717) is 21.7 Å². The molecule has 2 aromatic rings. The highest BCUT2D eigenvalue weighted by atomic mass is 35.5. The minimum atomic E-state index is -0.577. The molecule has 0 radical (unpaired) electrons. The third-order valence-electron chi connectivity index (χ3n) is 3.82. The van der Waals surface area contributed by atoms with Crippen molar-refractivity contribution in [3.8, 4) is 11.3 Å². The van der Waals surface area contributed by atoms with E-state index in [9.17, 15) is 4.79 Å². The summed E-state index contributed by atoms with van der Waals surface area (Å²) < 4.78 is 0. The van der Waals surface area contributed by atoms with Crippen LogP contribution in [0.4, 0.5) is 5.95 Å². The number of piperidine rings is 1. The number of hydrogen-bond donors (Lipinski definition) is 1. The van der Waals surface area contributed by atoms with Crippen LogP contribution in [0.25, 0.3) is 11.3 Å². The normalized spacial score (nSPS) is 14.8. The molecular formula is C16H16Cl2N4O. The predicted octanol–water partition coefficient (Wildman–Crippen LogP) is 3.54. The molecule has 0 bridgehead atoms. The zero-order chi connectivity index (χ0) is 16.4. The minimum absolute atomic E-state index is 0.196. The van der Waals surface area contributed by atoms with Crippen molar-refractivity contribution in [2.75, 3.05) is 18.0 Å². The van der Waals surface area contributed by atoms with Gasteiger partial charge in [-0.1, -0.05) is 29.3 Å². The summed E-state index contributed by atoms with van der Waals surface area (Å²) in [6.45, 7) is 1.76. The Morgan fingerprint density at radius 2 is 1.78 bits per heavy atom. The first kappa shape index (κ1) is 16.0. The minimum Gasteiger partial charge on any atom is -0.364 e. The van der Waals surface area contributed by atoms with Gasteiger partial charge in [-0.3, -0.25) is 4.79 Å². The second-order valence-corrected chi connectivity index (χ2v) is 6.29. The molecule has 0 saturated carbocycles. The lowest BCUT2D eigenvalue weighted by atomic mass is 10.1. The second-order valence-electron chi connectivity index (χ2n) is 5.48. The van der Waals surface area contributed by atoms with Crippen molar-refractivity contribution in [1.29, 1.82) is 0 Å². The fourth-order valence-electron chi connectivity index (χ4n) is 2.60. The van der Waals surface area contributed by atoms with Crippen LogP contribution in [0.5, 0.6) is 0 Å². The van der Waals surface area contributed by atoms with Gasteiger partial charge in [0.2, 0.25) is 5.95 Å². The molecule has 1 fully saturated rings. The lowest BCUT2D eigenvalue weighted by molar-refractivity contribution is 0.0995. The summed E-state index contributed by atoms with van der Waals surface area (Å²) in [5, 5.41) is 0.902. The molecule has 0 spiro atoms. The first-order valence-corrected chi connectivity index (χ1v) is 8.19.